The molecule has 0 radical (unpaired) electrons. The molecule has 14 heavy (non-hydrogen) atoms. The second-order valence-electron chi connectivity index (χ2n) is 3.69. The summed E-state index contributed by atoms with van der Waals surface area (Å²) in [5.41, 5.74) is 1.12. The van der Waals surface area contributed by atoms with Crippen LogP contribution in [0.2, 0.25) is 0 Å². The van der Waals surface area contributed by atoms with E-state index in [-0.39, 0.29) is 6.04 Å². The van der Waals surface area contributed by atoms with Crippen molar-refractivity contribution < 1.29 is 0 Å². The molecule has 0 aromatic carbocycles. The minimum absolute atomic E-state index is 0.251. The molecule has 0 bridgehead atoms. The molecule has 0 amide bonds. The van der Waals surface area contributed by atoms with Crippen LogP contribution >= 0.6 is 0 Å². The topological polar surface area (TPSA) is 18.8 Å². The fourth-order valence-corrected chi connectivity index (χ4v) is 1.86. The minimum Gasteiger partial charge on any atom is -0.219 e. The average Bonchev–Trinajstić information content (AvgIpc) is 2.56. The minimum atomic E-state index is 0.251. The van der Waals surface area contributed by atoms with E-state index in [1.165, 1.54) is 0 Å². The standard InChI is InChI=1S/C11H15N3/c1-4-11-9-7-5-6-8-10(9)12-14(11)13(2)3/h4-9,11H,1H2,2-3H3. The van der Waals surface area contributed by atoms with Gasteiger partial charge in [0.25, 0.3) is 0 Å². The van der Waals surface area contributed by atoms with Gasteiger partial charge in [-0.1, -0.05) is 24.3 Å². The van der Waals surface area contributed by atoms with E-state index < -0.39 is 0 Å². The summed E-state index contributed by atoms with van der Waals surface area (Å²) in [6.07, 6.45) is 10.3. The normalized spacial score (nSPS) is 29.4. The van der Waals surface area contributed by atoms with E-state index in [0.29, 0.717) is 5.92 Å². The molecule has 74 valence electrons. The van der Waals surface area contributed by atoms with Crippen LogP contribution in [-0.2, 0) is 0 Å². The molecule has 0 spiro atoms. The van der Waals surface area contributed by atoms with Crippen molar-refractivity contribution in [2.75, 3.05) is 14.1 Å². The zero-order chi connectivity index (χ0) is 10.1. The maximum atomic E-state index is 4.53. The highest BCUT2D eigenvalue weighted by molar-refractivity contribution is 6.00. The van der Waals surface area contributed by atoms with Crippen LogP contribution in [0.1, 0.15) is 0 Å². The van der Waals surface area contributed by atoms with Crippen molar-refractivity contribution >= 4 is 5.71 Å². The summed E-state index contributed by atoms with van der Waals surface area (Å²) < 4.78 is 0. The van der Waals surface area contributed by atoms with Gasteiger partial charge in [-0.25, -0.2) is 10.1 Å². The lowest BCUT2D eigenvalue weighted by Gasteiger charge is -2.29. The monoisotopic (exact) mass is 189 g/mol. The molecule has 0 fully saturated rings. The maximum Gasteiger partial charge on any atom is 0.0941 e. The summed E-state index contributed by atoms with van der Waals surface area (Å²) >= 11 is 0. The number of hydrogen-bond acceptors (Lipinski definition) is 3. The predicted molar refractivity (Wildman–Crippen MR) is 58.7 cm³/mol. The Bertz CT molecular complexity index is 325. The fourth-order valence-electron chi connectivity index (χ4n) is 1.86. The number of fused-ring (bicyclic) bond motifs is 1. The first-order chi connectivity index (χ1) is 6.74. The molecule has 2 atom stereocenters. The van der Waals surface area contributed by atoms with Crippen LogP contribution in [0, 0.1) is 5.92 Å². The molecular weight excluding hydrogens is 174 g/mol. The van der Waals surface area contributed by atoms with Crippen LogP contribution in [0.5, 0.6) is 0 Å². The van der Waals surface area contributed by atoms with Gasteiger partial charge < -0.3 is 0 Å². The van der Waals surface area contributed by atoms with Crippen molar-refractivity contribution in [1.82, 2.24) is 10.1 Å². The van der Waals surface area contributed by atoms with E-state index in [0.717, 1.165) is 5.71 Å². The van der Waals surface area contributed by atoms with E-state index in [9.17, 15) is 0 Å². The van der Waals surface area contributed by atoms with Gasteiger partial charge in [-0.05, 0) is 6.08 Å². The first kappa shape index (κ1) is 9.21. The van der Waals surface area contributed by atoms with E-state index in [1.54, 1.807) is 0 Å². The van der Waals surface area contributed by atoms with Gasteiger partial charge >= 0.3 is 0 Å². The molecule has 2 aliphatic rings. The molecule has 1 heterocycles. The van der Waals surface area contributed by atoms with Gasteiger partial charge in [0.2, 0.25) is 0 Å². The van der Waals surface area contributed by atoms with Crippen LogP contribution in [-0.4, -0.2) is 36.0 Å². The van der Waals surface area contributed by atoms with Gasteiger partial charge in [0.05, 0.1) is 11.8 Å². The SMILES string of the molecule is C=CC1C2C=CC=CC2=NN1N(C)C. The lowest BCUT2D eigenvalue weighted by atomic mass is 9.92. The number of hydrazone groups is 1. The van der Waals surface area contributed by atoms with Crippen molar-refractivity contribution in [3.05, 3.63) is 37.0 Å². The molecule has 1 aliphatic heterocycles. The Kier molecular flexibility index (Phi) is 2.25. The lowest BCUT2D eigenvalue weighted by Crippen LogP contribution is -2.39. The molecule has 3 heteroatoms. The van der Waals surface area contributed by atoms with Gasteiger partial charge in [-0.3, -0.25) is 0 Å². The zero-order valence-electron chi connectivity index (χ0n) is 8.59. The molecule has 2 unspecified atom stereocenters. The van der Waals surface area contributed by atoms with Crippen LogP contribution in [0.15, 0.2) is 42.1 Å². The van der Waals surface area contributed by atoms with E-state index >= 15 is 0 Å². The third kappa shape index (κ3) is 1.30. The Morgan fingerprint density at radius 2 is 2.29 bits per heavy atom. The molecular formula is C11H15N3. The first-order valence-corrected chi connectivity index (χ1v) is 4.76. The van der Waals surface area contributed by atoms with Crippen molar-refractivity contribution in [3.63, 3.8) is 0 Å². The Labute approximate surface area is 84.7 Å². The summed E-state index contributed by atoms with van der Waals surface area (Å²) in [7, 11) is 3.98. The van der Waals surface area contributed by atoms with E-state index in [1.807, 2.05) is 36.4 Å². The summed E-state index contributed by atoms with van der Waals surface area (Å²) in [6.45, 7) is 3.87. The van der Waals surface area contributed by atoms with Crippen molar-refractivity contribution in [3.8, 4) is 0 Å². The number of rotatable bonds is 2. The molecule has 0 saturated carbocycles. The zero-order valence-corrected chi connectivity index (χ0v) is 8.59. The second-order valence-corrected chi connectivity index (χ2v) is 3.69. The quantitative estimate of drug-likeness (QED) is 0.612. The van der Waals surface area contributed by atoms with Crippen LogP contribution < -0.4 is 0 Å². The Balaban J connectivity index is 2.31. The summed E-state index contributed by atoms with van der Waals surface area (Å²) in [6, 6.07) is 0.251. The van der Waals surface area contributed by atoms with Gasteiger partial charge in [0.1, 0.15) is 0 Å². The number of allylic oxidation sites excluding steroid dienone is 3. The Morgan fingerprint density at radius 1 is 1.50 bits per heavy atom. The molecule has 0 aromatic rings. The maximum absolute atomic E-state index is 4.53. The largest absolute Gasteiger partial charge is 0.219 e. The number of hydrogen-bond donors (Lipinski definition) is 0. The van der Waals surface area contributed by atoms with Crippen LogP contribution in [0.4, 0.5) is 0 Å². The lowest BCUT2D eigenvalue weighted by molar-refractivity contribution is 0.00853. The van der Waals surface area contributed by atoms with Crippen molar-refractivity contribution in [2.45, 2.75) is 6.04 Å². The number of hydrazine groups is 1. The van der Waals surface area contributed by atoms with Gasteiger partial charge in [0, 0.05) is 20.0 Å². The van der Waals surface area contributed by atoms with Gasteiger partial charge in [-0.15, -0.1) is 6.58 Å². The Morgan fingerprint density at radius 3 is 2.93 bits per heavy atom. The highest BCUT2D eigenvalue weighted by atomic mass is 15.8. The average molecular weight is 189 g/mol. The molecule has 0 N–H and O–H groups in total. The third-order valence-electron chi connectivity index (χ3n) is 2.54. The van der Waals surface area contributed by atoms with Gasteiger partial charge in [-0.2, -0.15) is 5.10 Å². The highest BCUT2D eigenvalue weighted by Crippen LogP contribution is 2.27. The molecule has 2 rings (SSSR count). The third-order valence-corrected chi connectivity index (χ3v) is 2.54. The molecule has 0 aromatic heterocycles. The van der Waals surface area contributed by atoms with E-state index in [2.05, 4.69) is 29.9 Å². The van der Waals surface area contributed by atoms with Crippen LogP contribution in [0.3, 0.4) is 0 Å². The number of nitrogens with zero attached hydrogens (tertiary/aromatic N) is 3. The van der Waals surface area contributed by atoms with E-state index in [4.69, 9.17) is 0 Å². The highest BCUT2D eigenvalue weighted by Gasteiger charge is 2.34. The predicted octanol–water partition coefficient (Wildman–Crippen LogP) is 1.43. The first-order valence-electron chi connectivity index (χ1n) is 4.76. The van der Waals surface area contributed by atoms with Crippen molar-refractivity contribution in [2.24, 2.45) is 11.0 Å². The smallest absolute Gasteiger partial charge is 0.0941 e. The Hall–Kier alpha value is -1.35. The molecule has 3 nitrogen and oxygen atoms in total. The fraction of sp³-hybridized carbons (Fsp3) is 0.364. The van der Waals surface area contributed by atoms with Gasteiger partial charge in [0.15, 0.2) is 0 Å². The van der Waals surface area contributed by atoms with Crippen LogP contribution in [0.25, 0.3) is 0 Å². The molecule has 0 saturated heterocycles. The summed E-state index contributed by atoms with van der Waals surface area (Å²) in [5.74, 6) is 0.361. The summed E-state index contributed by atoms with van der Waals surface area (Å²) in [4.78, 5) is 0. The second kappa shape index (κ2) is 3.42. The van der Waals surface area contributed by atoms with Crippen molar-refractivity contribution in [1.29, 1.82) is 0 Å². The summed E-state index contributed by atoms with van der Waals surface area (Å²) in [5, 5.41) is 8.48. The molecule has 1 aliphatic carbocycles.